The van der Waals surface area contributed by atoms with Crippen LogP contribution in [0.25, 0.3) is 0 Å². The number of thioether (sulfide) groups is 1. The number of hydrogen-bond acceptors (Lipinski definition) is 4. The molecule has 0 aliphatic rings. The molecule has 0 aromatic carbocycles. The van der Waals surface area contributed by atoms with Gasteiger partial charge in [0.25, 0.3) is 0 Å². The SMILES string of the molecule is CSCC[C@@H](NC(=O)C(NC(C)=O)C(C)C)C(=O)O. The number of carbonyl (C=O) groups is 3. The number of nitrogens with one attached hydrogen (secondary N) is 2. The molecule has 110 valence electrons. The second-order valence-corrected chi connectivity index (χ2v) is 5.59. The second-order valence-electron chi connectivity index (χ2n) is 4.60. The highest BCUT2D eigenvalue weighted by Gasteiger charge is 2.27. The quantitative estimate of drug-likeness (QED) is 0.604. The Balaban J connectivity index is 4.65. The Morgan fingerprint density at radius 2 is 1.79 bits per heavy atom. The van der Waals surface area contributed by atoms with Crippen LogP contribution in [0.2, 0.25) is 0 Å². The van der Waals surface area contributed by atoms with Crippen LogP contribution in [0.5, 0.6) is 0 Å². The summed E-state index contributed by atoms with van der Waals surface area (Å²) < 4.78 is 0. The van der Waals surface area contributed by atoms with Crippen LogP contribution >= 0.6 is 11.8 Å². The van der Waals surface area contributed by atoms with Gasteiger partial charge in [-0.05, 0) is 24.3 Å². The predicted octanol–water partition coefficient (Wildman–Crippen LogP) is 0.470. The van der Waals surface area contributed by atoms with Gasteiger partial charge in [0.15, 0.2) is 0 Å². The molecule has 0 heterocycles. The molecule has 0 spiro atoms. The summed E-state index contributed by atoms with van der Waals surface area (Å²) in [5.74, 6) is -1.31. The van der Waals surface area contributed by atoms with E-state index >= 15 is 0 Å². The number of rotatable bonds is 8. The van der Waals surface area contributed by atoms with Gasteiger partial charge in [-0.25, -0.2) is 4.79 Å². The second kappa shape index (κ2) is 8.79. The van der Waals surface area contributed by atoms with E-state index in [1.807, 2.05) is 6.26 Å². The molecule has 2 atom stereocenters. The summed E-state index contributed by atoms with van der Waals surface area (Å²) in [4.78, 5) is 34.1. The first kappa shape index (κ1) is 17.8. The van der Waals surface area contributed by atoms with Crippen molar-refractivity contribution in [1.29, 1.82) is 0 Å². The number of amides is 2. The molecule has 0 aromatic heterocycles. The van der Waals surface area contributed by atoms with Crippen LogP contribution in [0.3, 0.4) is 0 Å². The predicted molar refractivity (Wildman–Crippen MR) is 75.0 cm³/mol. The minimum absolute atomic E-state index is 0.112. The van der Waals surface area contributed by atoms with Crippen LogP contribution in [0.4, 0.5) is 0 Å². The van der Waals surface area contributed by atoms with Gasteiger partial charge in [-0.1, -0.05) is 13.8 Å². The molecule has 0 rings (SSSR count). The third kappa shape index (κ3) is 7.05. The Kier molecular flexibility index (Phi) is 8.22. The van der Waals surface area contributed by atoms with Crippen molar-refractivity contribution in [2.75, 3.05) is 12.0 Å². The highest BCUT2D eigenvalue weighted by molar-refractivity contribution is 7.98. The zero-order chi connectivity index (χ0) is 15.0. The average Bonchev–Trinajstić information content (AvgIpc) is 2.30. The molecule has 3 N–H and O–H groups in total. The zero-order valence-electron chi connectivity index (χ0n) is 11.7. The van der Waals surface area contributed by atoms with E-state index in [2.05, 4.69) is 10.6 Å². The van der Waals surface area contributed by atoms with Crippen LogP contribution < -0.4 is 10.6 Å². The molecule has 0 radical (unpaired) electrons. The van der Waals surface area contributed by atoms with Gasteiger partial charge in [0.2, 0.25) is 11.8 Å². The van der Waals surface area contributed by atoms with E-state index < -0.39 is 24.0 Å². The summed E-state index contributed by atoms with van der Waals surface area (Å²) in [5, 5.41) is 14.0. The summed E-state index contributed by atoms with van der Waals surface area (Å²) in [6.07, 6.45) is 2.22. The van der Waals surface area contributed by atoms with E-state index in [1.54, 1.807) is 13.8 Å². The standard InChI is InChI=1S/C12H22N2O4S/c1-7(2)10(13-8(3)15)11(16)14-9(12(17)18)5-6-19-4/h7,9-10H,5-6H2,1-4H3,(H,13,15)(H,14,16)(H,17,18)/t9-,10?/m1/s1. The first-order valence-corrected chi connectivity index (χ1v) is 7.48. The fourth-order valence-corrected chi connectivity index (χ4v) is 1.98. The van der Waals surface area contributed by atoms with Crippen LogP contribution in [-0.4, -0.2) is 47.0 Å². The minimum Gasteiger partial charge on any atom is -0.480 e. The topological polar surface area (TPSA) is 95.5 Å². The molecule has 2 amide bonds. The van der Waals surface area contributed by atoms with E-state index in [1.165, 1.54) is 18.7 Å². The summed E-state index contributed by atoms with van der Waals surface area (Å²) >= 11 is 1.52. The lowest BCUT2D eigenvalue weighted by atomic mass is 10.0. The number of hydrogen-bond donors (Lipinski definition) is 3. The van der Waals surface area contributed by atoms with Crippen molar-refractivity contribution >= 4 is 29.5 Å². The molecule has 0 aliphatic carbocycles. The smallest absolute Gasteiger partial charge is 0.326 e. The lowest BCUT2D eigenvalue weighted by Gasteiger charge is -2.23. The maximum Gasteiger partial charge on any atom is 0.326 e. The number of aliphatic carboxylic acids is 1. The maximum absolute atomic E-state index is 12.0. The van der Waals surface area contributed by atoms with Gasteiger partial charge in [-0.15, -0.1) is 0 Å². The first-order valence-electron chi connectivity index (χ1n) is 6.08. The molecule has 6 nitrogen and oxygen atoms in total. The number of carbonyl (C=O) groups excluding carboxylic acids is 2. The minimum atomic E-state index is -1.06. The van der Waals surface area contributed by atoms with Gasteiger partial charge >= 0.3 is 5.97 Å². The highest BCUT2D eigenvalue weighted by atomic mass is 32.2. The van der Waals surface area contributed by atoms with Crippen molar-refractivity contribution < 1.29 is 19.5 Å². The molecule has 0 aromatic rings. The van der Waals surface area contributed by atoms with Gasteiger partial charge < -0.3 is 15.7 Å². The molecule has 19 heavy (non-hydrogen) atoms. The fourth-order valence-electron chi connectivity index (χ4n) is 1.51. The summed E-state index contributed by atoms with van der Waals surface area (Å²) in [6.45, 7) is 4.90. The molecule has 0 saturated heterocycles. The molecular formula is C12H22N2O4S. The lowest BCUT2D eigenvalue weighted by Crippen LogP contribution is -2.53. The fraction of sp³-hybridized carbons (Fsp3) is 0.750. The molecular weight excluding hydrogens is 268 g/mol. The highest BCUT2D eigenvalue weighted by Crippen LogP contribution is 2.05. The van der Waals surface area contributed by atoms with Crippen LogP contribution in [0.1, 0.15) is 27.2 Å². The Hall–Kier alpha value is -1.24. The summed E-state index contributed by atoms with van der Waals surface area (Å²) in [7, 11) is 0. The third-order valence-corrected chi connectivity index (χ3v) is 3.18. The molecule has 7 heteroatoms. The van der Waals surface area contributed by atoms with Gasteiger partial charge in [0.05, 0.1) is 0 Å². The normalized spacial score (nSPS) is 13.7. The Bertz CT molecular complexity index is 334. The van der Waals surface area contributed by atoms with E-state index in [9.17, 15) is 14.4 Å². The van der Waals surface area contributed by atoms with E-state index in [0.717, 1.165) is 0 Å². The molecule has 1 unspecified atom stereocenters. The molecule has 0 aliphatic heterocycles. The van der Waals surface area contributed by atoms with Crippen molar-refractivity contribution in [3.8, 4) is 0 Å². The van der Waals surface area contributed by atoms with E-state index in [4.69, 9.17) is 5.11 Å². The maximum atomic E-state index is 12.0. The van der Waals surface area contributed by atoms with Gasteiger partial charge in [-0.3, -0.25) is 9.59 Å². The largest absolute Gasteiger partial charge is 0.480 e. The van der Waals surface area contributed by atoms with Crippen molar-refractivity contribution in [2.24, 2.45) is 5.92 Å². The first-order chi connectivity index (χ1) is 8.79. The summed E-state index contributed by atoms with van der Waals surface area (Å²) in [6, 6.07) is -1.64. The summed E-state index contributed by atoms with van der Waals surface area (Å²) in [5.41, 5.74) is 0. The Morgan fingerprint density at radius 3 is 2.16 bits per heavy atom. The Morgan fingerprint density at radius 1 is 1.21 bits per heavy atom. The van der Waals surface area contributed by atoms with Crippen molar-refractivity contribution in [3.63, 3.8) is 0 Å². The van der Waals surface area contributed by atoms with Crippen LogP contribution in [0, 0.1) is 5.92 Å². The van der Waals surface area contributed by atoms with Crippen LogP contribution in [0.15, 0.2) is 0 Å². The molecule has 0 fully saturated rings. The zero-order valence-corrected chi connectivity index (χ0v) is 12.5. The molecule has 0 bridgehead atoms. The molecule has 0 saturated carbocycles. The van der Waals surface area contributed by atoms with Crippen molar-refractivity contribution in [3.05, 3.63) is 0 Å². The number of carboxylic acids is 1. The average molecular weight is 290 g/mol. The van der Waals surface area contributed by atoms with E-state index in [0.29, 0.717) is 12.2 Å². The number of carboxylic acid groups (broad SMARTS) is 1. The van der Waals surface area contributed by atoms with Gasteiger partial charge in [0, 0.05) is 6.92 Å². The monoisotopic (exact) mass is 290 g/mol. The third-order valence-electron chi connectivity index (χ3n) is 2.53. The van der Waals surface area contributed by atoms with Gasteiger partial charge in [0.1, 0.15) is 12.1 Å². The lowest BCUT2D eigenvalue weighted by molar-refractivity contribution is -0.142. The Labute approximate surface area is 117 Å². The van der Waals surface area contributed by atoms with Crippen molar-refractivity contribution in [1.82, 2.24) is 10.6 Å². The van der Waals surface area contributed by atoms with E-state index in [-0.39, 0.29) is 11.8 Å². The van der Waals surface area contributed by atoms with Gasteiger partial charge in [-0.2, -0.15) is 11.8 Å². The van der Waals surface area contributed by atoms with Crippen molar-refractivity contribution in [2.45, 2.75) is 39.3 Å². The van der Waals surface area contributed by atoms with Crippen LogP contribution in [-0.2, 0) is 14.4 Å².